The number of hydrogen-bond donors (Lipinski definition) is 0. The van der Waals surface area contributed by atoms with Crippen molar-refractivity contribution in [2.75, 3.05) is 24.3 Å². The molecule has 0 N–H and O–H groups in total. The number of nitrogens with zero attached hydrogens (tertiary/aromatic N) is 2. The predicted molar refractivity (Wildman–Crippen MR) is 133 cm³/mol. The van der Waals surface area contributed by atoms with Gasteiger partial charge in [0.05, 0.1) is 25.6 Å². The Kier molecular flexibility index (Phi) is 5.47. The highest BCUT2D eigenvalue weighted by Gasteiger charge is 2.60. The topological polar surface area (TPSA) is 63.0 Å². The second kappa shape index (κ2) is 8.24. The number of furan rings is 1. The predicted octanol–water partition coefficient (Wildman–Crippen LogP) is 5.17. The molecule has 1 atom stereocenters. The number of hydrogen-bond acceptors (Lipinski definition) is 5. The summed E-state index contributed by atoms with van der Waals surface area (Å²) >= 11 is 1.49. The molecule has 1 saturated heterocycles. The first-order valence-corrected chi connectivity index (χ1v) is 12.3. The van der Waals surface area contributed by atoms with Crippen LogP contribution in [-0.2, 0) is 21.6 Å². The highest BCUT2D eigenvalue weighted by Crippen LogP contribution is 2.55. The second-order valence-corrected chi connectivity index (χ2v) is 10.9. The van der Waals surface area contributed by atoms with E-state index in [0.717, 1.165) is 16.8 Å². The summed E-state index contributed by atoms with van der Waals surface area (Å²) in [5.74, 6) is 1.14. The maximum absolute atomic E-state index is 14.1. The number of anilines is 1. The van der Waals surface area contributed by atoms with Crippen LogP contribution in [0.1, 0.15) is 48.0 Å². The first-order chi connectivity index (χ1) is 16.3. The smallest absolute Gasteiger partial charge is 0.291 e. The Hall–Kier alpha value is -3.19. The first-order valence-electron chi connectivity index (χ1n) is 11.3. The maximum atomic E-state index is 14.1. The van der Waals surface area contributed by atoms with E-state index in [1.54, 1.807) is 29.0 Å². The van der Waals surface area contributed by atoms with E-state index < -0.39 is 4.87 Å². The number of methoxy groups -OCH3 is 1. The third kappa shape index (κ3) is 3.50. The van der Waals surface area contributed by atoms with Crippen molar-refractivity contribution in [3.63, 3.8) is 0 Å². The number of rotatable bonds is 4. The summed E-state index contributed by atoms with van der Waals surface area (Å²) in [5, 5.41) is 0. The Labute approximate surface area is 203 Å². The lowest BCUT2D eigenvalue weighted by molar-refractivity contribution is -0.123. The normalized spacial score (nSPS) is 19.7. The van der Waals surface area contributed by atoms with Crippen LogP contribution in [0.2, 0.25) is 0 Å². The molecule has 3 heterocycles. The molecular weight excluding hydrogens is 448 g/mol. The van der Waals surface area contributed by atoms with Crippen molar-refractivity contribution < 1.29 is 18.7 Å². The molecule has 7 heteroatoms. The van der Waals surface area contributed by atoms with Gasteiger partial charge in [-0.25, -0.2) is 0 Å². The molecule has 3 aromatic rings. The molecule has 0 saturated carbocycles. The molecule has 176 valence electrons. The number of amides is 2. The minimum Gasteiger partial charge on any atom is -0.497 e. The van der Waals surface area contributed by atoms with E-state index in [4.69, 9.17) is 9.15 Å². The van der Waals surface area contributed by atoms with Gasteiger partial charge in [0.25, 0.3) is 11.8 Å². The first kappa shape index (κ1) is 22.6. The average Bonchev–Trinajstić information content (AvgIpc) is 3.56. The van der Waals surface area contributed by atoms with E-state index in [9.17, 15) is 9.59 Å². The number of thioether (sulfide) groups is 1. The fourth-order valence-electron chi connectivity index (χ4n) is 4.70. The van der Waals surface area contributed by atoms with E-state index in [1.807, 2.05) is 18.2 Å². The van der Waals surface area contributed by atoms with Crippen LogP contribution in [0.25, 0.3) is 0 Å². The lowest BCUT2D eigenvalue weighted by atomic mass is 9.87. The Morgan fingerprint density at radius 3 is 2.56 bits per heavy atom. The van der Waals surface area contributed by atoms with Crippen molar-refractivity contribution in [3.05, 3.63) is 83.3 Å². The number of carbonyl (C=O) groups excluding carboxylic acids is 2. The molecule has 6 nitrogen and oxygen atoms in total. The minimum absolute atomic E-state index is 0.0579. The molecule has 2 aromatic carbocycles. The van der Waals surface area contributed by atoms with Gasteiger partial charge in [-0.05, 0) is 46.9 Å². The highest BCUT2D eigenvalue weighted by atomic mass is 32.2. The van der Waals surface area contributed by atoms with Crippen LogP contribution in [0.5, 0.6) is 5.75 Å². The molecule has 1 aromatic heterocycles. The van der Waals surface area contributed by atoms with Crippen molar-refractivity contribution in [1.82, 2.24) is 4.90 Å². The molecule has 2 amide bonds. The number of benzene rings is 2. The standard InChI is InChI=1S/C27H28N2O4S/c1-26(2,3)19-9-7-18(8-10-19)17-28-22-12-11-20(32-4)16-21(22)27(25(28)31)29(13-15-34-27)24(30)23-6-5-14-33-23/h5-12,14,16H,13,15,17H2,1-4H3/t27-/m0/s1. The highest BCUT2D eigenvalue weighted by molar-refractivity contribution is 8.01. The van der Waals surface area contributed by atoms with Gasteiger partial charge in [-0.15, -0.1) is 11.8 Å². The fourth-order valence-corrected chi connectivity index (χ4v) is 6.16. The summed E-state index contributed by atoms with van der Waals surface area (Å²) in [4.78, 5) is 29.8. The summed E-state index contributed by atoms with van der Waals surface area (Å²) < 4.78 is 10.9. The van der Waals surface area contributed by atoms with Crippen LogP contribution in [-0.4, -0.2) is 36.1 Å². The molecule has 2 aliphatic rings. The van der Waals surface area contributed by atoms with Gasteiger partial charge in [0.15, 0.2) is 10.6 Å². The fraction of sp³-hybridized carbons (Fsp3) is 0.333. The SMILES string of the molecule is COc1ccc2c(c1)[C@]1(SCCN1C(=O)c1ccco1)C(=O)N2Cc1ccc(C(C)(C)C)cc1. The van der Waals surface area contributed by atoms with Crippen LogP contribution in [0.4, 0.5) is 5.69 Å². The second-order valence-electron chi connectivity index (χ2n) is 9.65. The molecule has 5 rings (SSSR count). The van der Waals surface area contributed by atoms with Crippen molar-refractivity contribution in [1.29, 1.82) is 0 Å². The molecule has 0 radical (unpaired) electrons. The van der Waals surface area contributed by atoms with Crippen molar-refractivity contribution >= 4 is 29.3 Å². The molecular formula is C27H28N2O4S. The van der Waals surface area contributed by atoms with Gasteiger partial charge in [-0.1, -0.05) is 45.0 Å². The summed E-state index contributed by atoms with van der Waals surface area (Å²) in [6, 6.07) is 17.4. The minimum atomic E-state index is -1.14. The van der Waals surface area contributed by atoms with E-state index >= 15 is 0 Å². The van der Waals surface area contributed by atoms with Crippen molar-refractivity contribution in [2.45, 2.75) is 37.6 Å². The monoisotopic (exact) mass is 476 g/mol. The van der Waals surface area contributed by atoms with Crippen LogP contribution < -0.4 is 9.64 Å². The van der Waals surface area contributed by atoms with Gasteiger partial charge in [0.2, 0.25) is 0 Å². The summed E-state index contributed by atoms with van der Waals surface area (Å²) in [6.07, 6.45) is 1.48. The molecule has 0 bridgehead atoms. The molecule has 0 aliphatic carbocycles. The zero-order chi connectivity index (χ0) is 24.1. The molecule has 0 unspecified atom stereocenters. The van der Waals surface area contributed by atoms with E-state index in [1.165, 1.54) is 23.6 Å². The molecule has 34 heavy (non-hydrogen) atoms. The lowest BCUT2D eigenvalue weighted by Crippen LogP contribution is -2.50. The summed E-state index contributed by atoms with van der Waals surface area (Å²) in [5.41, 5.74) is 3.92. The van der Waals surface area contributed by atoms with Crippen molar-refractivity contribution in [3.8, 4) is 5.75 Å². The molecule has 1 fully saturated rings. The number of ether oxygens (including phenoxy) is 1. The average molecular weight is 477 g/mol. The maximum Gasteiger partial charge on any atom is 0.291 e. The van der Waals surface area contributed by atoms with Gasteiger partial charge in [-0.2, -0.15) is 0 Å². The van der Waals surface area contributed by atoms with Crippen LogP contribution in [0, 0.1) is 0 Å². The quantitative estimate of drug-likeness (QED) is 0.520. The number of carbonyl (C=O) groups is 2. The van der Waals surface area contributed by atoms with Gasteiger partial charge in [0.1, 0.15) is 5.75 Å². The van der Waals surface area contributed by atoms with Gasteiger partial charge < -0.3 is 19.0 Å². The molecule has 2 aliphatic heterocycles. The number of fused-ring (bicyclic) bond motifs is 2. The van der Waals surface area contributed by atoms with Gasteiger partial charge >= 0.3 is 0 Å². The Bertz CT molecular complexity index is 1230. The summed E-state index contributed by atoms with van der Waals surface area (Å²) in [6.45, 7) is 7.43. The third-order valence-corrected chi connectivity index (χ3v) is 7.96. The van der Waals surface area contributed by atoms with Gasteiger partial charge in [0, 0.05) is 17.9 Å². The third-order valence-electron chi connectivity index (χ3n) is 6.54. The van der Waals surface area contributed by atoms with E-state index in [0.29, 0.717) is 24.6 Å². The Balaban J connectivity index is 1.56. The Morgan fingerprint density at radius 1 is 1.15 bits per heavy atom. The van der Waals surface area contributed by atoms with E-state index in [-0.39, 0.29) is 23.0 Å². The zero-order valence-corrected chi connectivity index (χ0v) is 20.6. The van der Waals surface area contributed by atoms with Crippen molar-refractivity contribution in [2.24, 2.45) is 0 Å². The molecule has 1 spiro atoms. The van der Waals surface area contributed by atoms with Crippen LogP contribution in [0.3, 0.4) is 0 Å². The summed E-state index contributed by atoms with van der Waals surface area (Å²) in [7, 11) is 1.60. The van der Waals surface area contributed by atoms with Crippen LogP contribution in [0.15, 0.2) is 65.3 Å². The zero-order valence-electron chi connectivity index (χ0n) is 19.8. The largest absolute Gasteiger partial charge is 0.497 e. The Morgan fingerprint density at radius 2 is 1.91 bits per heavy atom. The van der Waals surface area contributed by atoms with Crippen LogP contribution >= 0.6 is 11.8 Å². The van der Waals surface area contributed by atoms with Gasteiger partial charge in [-0.3, -0.25) is 9.59 Å². The van der Waals surface area contributed by atoms with E-state index in [2.05, 4.69) is 45.0 Å². The lowest BCUT2D eigenvalue weighted by Gasteiger charge is -2.32.